The number of hydrogen-bond donors (Lipinski definition) is 1. The number of ether oxygens (including phenoxy) is 4. The lowest BCUT2D eigenvalue weighted by Gasteiger charge is -2.12. The molecule has 1 aromatic heterocycles. The summed E-state index contributed by atoms with van der Waals surface area (Å²) in [6.45, 7) is 3.88. The maximum Gasteiger partial charge on any atom is 0.219 e. The topological polar surface area (TPSA) is 61.8 Å². The highest BCUT2D eigenvalue weighted by Gasteiger charge is 2.07. The van der Waals surface area contributed by atoms with Crippen LogP contribution in [0.1, 0.15) is 18.1 Å². The second-order valence-corrected chi connectivity index (χ2v) is 6.27. The number of nitrogens with one attached hydrogen (secondary N) is 1. The van der Waals surface area contributed by atoms with E-state index in [4.69, 9.17) is 18.9 Å². The van der Waals surface area contributed by atoms with Crippen molar-refractivity contribution in [3.05, 3.63) is 71.9 Å². The summed E-state index contributed by atoms with van der Waals surface area (Å²) in [6.07, 6.45) is 1.80. The van der Waals surface area contributed by atoms with Crippen LogP contribution in [-0.4, -0.2) is 25.8 Å². The summed E-state index contributed by atoms with van der Waals surface area (Å²) in [5.74, 6) is 3.45. The molecule has 6 heteroatoms. The Bertz CT molecular complexity index is 913. The van der Waals surface area contributed by atoms with Crippen LogP contribution in [0.5, 0.6) is 28.9 Å². The average molecular weight is 394 g/mol. The van der Waals surface area contributed by atoms with E-state index in [0.717, 1.165) is 22.6 Å². The van der Waals surface area contributed by atoms with Crippen LogP contribution in [0.25, 0.3) is 0 Å². The van der Waals surface area contributed by atoms with Crippen molar-refractivity contribution in [2.24, 2.45) is 0 Å². The Morgan fingerprint density at radius 3 is 2.38 bits per heavy atom. The average Bonchev–Trinajstić information content (AvgIpc) is 2.76. The van der Waals surface area contributed by atoms with Crippen molar-refractivity contribution in [1.29, 1.82) is 0 Å². The van der Waals surface area contributed by atoms with Gasteiger partial charge in [0.25, 0.3) is 0 Å². The summed E-state index contributed by atoms with van der Waals surface area (Å²) in [5.41, 5.74) is 2.12. The zero-order valence-electron chi connectivity index (χ0n) is 17.0. The van der Waals surface area contributed by atoms with Crippen LogP contribution in [0, 0.1) is 0 Å². The molecule has 0 spiro atoms. The first-order valence-corrected chi connectivity index (χ1v) is 9.49. The van der Waals surface area contributed by atoms with Gasteiger partial charge in [0.2, 0.25) is 5.88 Å². The van der Waals surface area contributed by atoms with Gasteiger partial charge in [-0.15, -0.1) is 0 Å². The van der Waals surface area contributed by atoms with Gasteiger partial charge in [0.1, 0.15) is 11.5 Å². The first-order valence-electron chi connectivity index (χ1n) is 9.49. The number of methoxy groups -OCH3 is 2. The van der Waals surface area contributed by atoms with Crippen molar-refractivity contribution in [3.8, 4) is 28.9 Å². The Kier molecular flexibility index (Phi) is 7.30. The summed E-state index contributed by atoms with van der Waals surface area (Å²) in [4.78, 5) is 4.40. The van der Waals surface area contributed by atoms with E-state index < -0.39 is 0 Å². The molecule has 3 rings (SSSR count). The minimum absolute atomic E-state index is 0.526. The van der Waals surface area contributed by atoms with E-state index in [2.05, 4.69) is 10.3 Å². The summed E-state index contributed by atoms with van der Waals surface area (Å²) in [7, 11) is 3.30. The largest absolute Gasteiger partial charge is 0.497 e. The lowest BCUT2D eigenvalue weighted by Crippen LogP contribution is -2.13. The van der Waals surface area contributed by atoms with Gasteiger partial charge < -0.3 is 24.3 Å². The van der Waals surface area contributed by atoms with E-state index in [1.54, 1.807) is 20.4 Å². The van der Waals surface area contributed by atoms with Gasteiger partial charge >= 0.3 is 0 Å². The molecule has 0 atom stereocenters. The van der Waals surface area contributed by atoms with Crippen LogP contribution in [0.3, 0.4) is 0 Å². The standard InChI is InChI=1S/C23H26N2O4/c1-4-28-20-7-5-6-8-21(20)29-23-12-9-17(15-25-23)14-24-16-18-10-11-19(26-2)13-22(18)27-3/h5-13,15,24H,4,14,16H2,1-3H3. The fourth-order valence-electron chi connectivity index (χ4n) is 2.84. The number of para-hydroxylation sites is 2. The minimum Gasteiger partial charge on any atom is -0.497 e. The number of pyridine rings is 1. The molecule has 2 aromatic carbocycles. The molecule has 29 heavy (non-hydrogen) atoms. The van der Waals surface area contributed by atoms with Crippen molar-refractivity contribution in [1.82, 2.24) is 10.3 Å². The van der Waals surface area contributed by atoms with Crippen molar-refractivity contribution in [2.75, 3.05) is 20.8 Å². The van der Waals surface area contributed by atoms with Gasteiger partial charge in [-0.05, 0) is 30.7 Å². The Hall–Kier alpha value is -3.25. The van der Waals surface area contributed by atoms with Crippen LogP contribution in [0.2, 0.25) is 0 Å². The smallest absolute Gasteiger partial charge is 0.219 e. The van der Waals surface area contributed by atoms with E-state index in [0.29, 0.717) is 37.1 Å². The number of aromatic nitrogens is 1. The highest BCUT2D eigenvalue weighted by atomic mass is 16.5. The monoisotopic (exact) mass is 394 g/mol. The Morgan fingerprint density at radius 1 is 0.862 bits per heavy atom. The molecule has 6 nitrogen and oxygen atoms in total. The van der Waals surface area contributed by atoms with Crippen molar-refractivity contribution >= 4 is 0 Å². The van der Waals surface area contributed by atoms with E-state index in [9.17, 15) is 0 Å². The summed E-state index contributed by atoms with van der Waals surface area (Å²) in [5, 5.41) is 3.40. The fourth-order valence-corrected chi connectivity index (χ4v) is 2.84. The van der Waals surface area contributed by atoms with Gasteiger partial charge in [0.05, 0.1) is 20.8 Å². The van der Waals surface area contributed by atoms with E-state index in [1.165, 1.54) is 0 Å². The first-order chi connectivity index (χ1) is 14.2. The van der Waals surface area contributed by atoms with Gasteiger partial charge in [-0.3, -0.25) is 0 Å². The molecule has 0 bridgehead atoms. The minimum atomic E-state index is 0.526. The van der Waals surface area contributed by atoms with Crippen molar-refractivity contribution in [3.63, 3.8) is 0 Å². The molecule has 0 amide bonds. The summed E-state index contributed by atoms with van der Waals surface area (Å²) < 4.78 is 22.1. The Morgan fingerprint density at radius 2 is 1.69 bits per heavy atom. The van der Waals surface area contributed by atoms with Crippen molar-refractivity contribution in [2.45, 2.75) is 20.0 Å². The molecule has 3 aromatic rings. The zero-order valence-corrected chi connectivity index (χ0v) is 17.0. The Balaban J connectivity index is 1.56. The molecular formula is C23H26N2O4. The lowest BCUT2D eigenvalue weighted by atomic mass is 10.2. The number of hydrogen-bond acceptors (Lipinski definition) is 6. The van der Waals surface area contributed by atoms with Gasteiger partial charge in [0, 0.05) is 37.0 Å². The van der Waals surface area contributed by atoms with Crippen LogP contribution in [-0.2, 0) is 13.1 Å². The highest BCUT2D eigenvalue weighted by molar-refractivity contribution is 5.42. The highest BCUT2D eigenvalue weighted by Crippen LogP contribution is 2.30. The lowest BCUT2D eigenvalue weighted by molar-refractivity contribution is 0.319. The number of nitrogens with zero attached hydrogens (tertiary/aromatic N) is 1. The molecule has 0 saturated carbocycles. The van der Waals surface area contributed by atoms with Crippen LogP contribution >= 0.6 is 0 Å². The second-order valence-electron chi connectivity index (χ2n) is 6.27. The maximum atomic E-state index is 5.86. The molecule has 0 unspecified atom stereocenters. The van der Waals surface area contributed by atoms with Gasteiger partial charge in [0.15, 0.2) is 11.5 Å². The quantitative estimate of drug-likeness (QED) is 0.543. The number of rotatable bonds is 10. The molecule has 152 valence electrons. The summed E-state index contributed by atoms with van der Waals surface area (Å²) >= 11 is 0. The normalized spacial score (nSPS) is 10.4. The first kappa shape index (κ1) is 20.5. The van der Waals surface area contributed by atoms with Gasteiger partial charge in [-0.2, -0.15) is 0 Å². The Labute approximate surface area is 171 Å². The van der Waals surface area contributed by atoms with Crippen LogP contribution in [0.4, 0.5) is 0 Å². The molecule has 0 radical (unpaired) electrons. The third kappa shape index (κ3) is 5.62. The van der Waals surface area contributed by atoms with Crippen molar-refractivity contribution < 1.29 is 18.9 Å². The van der Waals surface area contributed by atoms with E-state index in [1.807, 2.05) is 61.5 Å². The molecule has 1 heterocycles. The van der Waals surface area contributed by atoms with Gasteiger partial charge in [-0.25, -0.2) is 4.98 Å². The molecule has 0 fully saturated rings. The molecule has 0 aliphatic heterocycles. The van der Waals surface area contributed by atoms with E-state index >= 15 is 0 Å². The third-order valence-corrected chi connectivity index (χ3v) is 4.30. The maximum absolute atomic E-state index is 5.86. The second kappa shape index (κ2) is 10.3. The van der Waals surface area contributed by atoms with Crippen LogP contribution in [0.15, 0.2) is 60.8 Å². The molecule has 0 aliphatic carbocycles. The fraction of sp³-hybridized carbons (Fsp3) is 0.261. The molecule has 0 saturated heterocycles. The SMILES string of the molecule is CCOc1ccccc1Oc1ccc(CNCc2ccc(OC)cc2OC)cn1. The van der Waals surface area contributed by atoms with Crippen LogP contribution < -0.4 is 24.3 Å². The van der Waals surface area contributed by atoms with Gasteiger partial charge in [-0.1, -0.05) is 24.3 Å². The summed E-state index contributed by atoms with van der Waals surface area (Å²) in [6, 6.07) is 17.2. The molecule has 1 N–H and O–H groups in total. The zero-order chi connectivity index (χ0) is 20.5. The molecule has 0 aliphatic rings. The molecular weight excluding hydrogens is 368 g/mol. The number of benzene rings is 2. The van der Waals surface area contributed by atoms with E-state index in [-0.39, 0.29) is 0 Å². The predicted molar refractivity (Wildman–Crippen MR) is 112 cm³/mol. The third-order valence-electron chi connectivity index (χ3n) is 4.30. The predicted octanol–water partition coefficient (Wildman–Crippen LogP) is 4.58.